The second kappa shape index (κ2) is 7.51. The molecule has 1 aromatic rings. The van der Waals surface area contributed by atoms with Crippen LogP contribution in [-0.2, 0) is 19.1 Å². The Morgan fingerprint density at radius 2 is 1.85 bits per heavy atom. The van der Waals surface area contributed by atoms with E-state index in [1.54, 1.807) is 0 Å². The maximum absolute atomic E-state index is 13.6. The number of hydrogen-bond acceptors (Lipinski definition) is 4. The molecule has 26 heavy (non-hydrogen) atoms. The lowest BCUT2D eigenvalue weighted by atomic mass is 9.67. The van der Waals surface area contributed by atoms with Crippen molar-refractivity contribution in [2.24, 2.45) is 17.8 Å². The Hall–Kier alpha value is -2.31. The molecule has 2 aliphatic rings. The van der Waals surface area contributed by atoms with Gasteiger partial charge in [0.05, 0.1) is 11.6 Å². The second-order valence-electron chi connectivity index (χ2n) is 7.09. The summed E-state index contributed by atoms with van der Waals surface area (Å²) in [6.07, 6.45) is 2.37. The summed E-state index contributed by atoms with van der Waals surface area (Å²) in [5.74, 6) is -3.07. The molecule has 1 N–H and O–H groups in total. The molecule has 1 aromatic carbocycles. The van der Waals surface area contributed by atoms with E-state index in [1.165, 1.54) is 6.92 Å². The molecular weight excluding hydrogens is 344 g/mol. The number of amides is 1. The molecule has 4 atom stereocenters. The van der Waals surface area contributed by atoms with Gasteiger partial charge in [0.1, 0.15) is 17.4 Å². The Morgan fingerprint density at radius 3 is 2.50 bits per heavy atom. The molecule has 2 fully saturated rings. The molecular formula is C19H21F2NO4. The van der Waals surface area contributed by atoms with Crippen molar-refractivity contribution in [1.82, 2.24) is 0 Å². The first-order valence-corrected chi connectivity index (χ1v) is 8.85. The van der Waals surface area contributed by atoms with E-state index in [0.29, 0.717) is 12.8 Å². The molecule has 2 aliphatic carbocycles. The van der Waals surface area contributed by atoms with E-state index >= 15 is 0 Å². The SMILES string of the molecule is C[C@H](OC(=O)C1C[C@H]2CCC[C@@H](C1)C2=O)C(=O)Nc1cc(F)ccc1F. The Labute approximate surface area is 150 Å². The van der Waals surface area contributed by atoms with Crippen LogP contribution in [-0.4, -0.2) is 23.8 Å². The molecule has 0 saturated heterocycles. The predicted octanol–water partition coefficient (Wildman–Crippen LogP) is 3.23. The summed E-state index contributed by atoms with van der Waals surface area (Å²) in [6, 6.07) is 2.70. The third-order valence-corrected chi connectivity index (χ3v) is 5.23. The van der Waals surface area contributed by atoms with Crippen molar-refractivity contribution in [2.45, 2.75) is 45.1 Å². The number of nitrogens with one attached hydrogen (secondary N) is 1. The average molecular weight is 365 g/mol. The van der Waals surface area contributed by atoms with Crippen LogP contribution in [0, 0.1) is 29.4 Å². The van der Waals surface area contributed by atoms with Crippen molar-refractivity contribution >= 4 is 23.3 Å². The molecule has 1 amide bonds. The minimum absolute atomic E-state index is 0.0921. The third kappa shape index (κ3) is 3.92. The number of esters is 1. The van der Waals surface area contributed by atoms with E-state index in [0.717, 1.165) is 37.5 Å². The highest BCUT2D eigenvalue weighted by atomic mass is 19.1. The van der Waals surface area contributed by atoms with Gasteiger partial charge in [-0.25, -0.2) is 8.78 Å². The highest BCUT2D eigenvalue weighted by Gasteiger charge is 2.42. The van der Waals surface area contributed by atoms with Gasteiger partial charge in [-0.05, 0) is 44.7 Å². The summed E-state index contributed by atoms with van der Waals surface area (Å²) < 4.78 is 32.0. The molecule has 0 aromatic heterocycles. The van der Waals surface area contributed by atoms with Gasteiger partial charge in [-0.1, -0.05) is 6.42 Å². The first-order chi connectivity index (χ1) is 12.3. The maximum atomic E-state index is 13.6. The van der Waals surface area contributed by atoms with Crippen LogP contribution in [0.2, 0.25) is 0 Å². The zero-order valence-electron chi connectivity index (χ0n) is 14.5. The summed E-state index contributed by atoms with van der Waals surface area (Å²) in [7, 11) is 0. The largest absolute Gasteiger partial charge is 0.452 e. The minimum Gasteiger partial charge on any atom is -0.452 e. The molecule has 140 valence electrons. The fourth-order valence-electron chi connectivity index (χ4n) is 3.82. The first-order valence-electron chi connectivity index (χ1n) is 8.85. The number of rotatable bonds is 4. The monoisotopic (exact) mass is 365 g/mol. The summed E-state index contributed by atoms with van der Waals surface area (Å²) >= 11 is 0. The molecule has 2 bridgehead atoms. The molecule has 0 heterocycles. The Kier molecular flexibility index (Phi) is 5.34. The number of benzene rings is 1. The number of ketones is 1. The zero-order valence-corrected chi connectivity index (χ0v) is 14.5. The van der Waals surface area contributed by atoms with Crippen LogP contribution >= 0.6 is 0 Å². The lowest BCUT2D eigenvalue weighted by Crippen LogP contribution is -2.41. The van der Waals surface area contributed by atoms with E-state index in [1.807, 2.05) is 0 Å². The Bertz CT molecular complexity index is 720. The quantitative estimate of drug-likeness (QED) is 0.832. The zero-order chi connectivity index (χ0) is 18.8. The molecule has 7 heteroatoms. The van der Waals surface area contributed by atoms with Gasteiger partial charge in [0.2, 0.25) is 0 Å². The van der Waals surface area contributed by atoms with Crippen LogP contribution < -0.4 is 5.32 Å². The van der Waals surface area contributed by atoms with Gasteiger partial charge < -0.3 is 10.1 Å². The van der Waals surface area contributed by atoms with E-state index in [-0.39, 0.29) is 23.3 Å². The molecule has 0 spiro atoms. The maximum Gasteiger partial charge on any atom is 0.309 e. The minimum atomic E-state index is -1.15. The normalized spacial score (nSPS) is 26.1. The van der Waals surface area contributed by atoms with E-state index < -0.39 is 35.5 Å². The lowest BCUT2D eigenvalue weighted by Gasteiger charge is -2.36. The summed E-state index contributed by atoms with van der Waals surface area (Å²) in [4.78, 5) is 36.6. The van der Waals surface area contributed by atoms with Gasteiger partial charge in [-0.15, -0.1) is 0 Å². The Morgan fingerprint density at radius 1 is 1.19 bits per heavy atom. The number of carbonyl (C=O) groups is 3. The standard InChI is InChI=1S/C19H21F2NO4/c1-10(18(24)22-16-9-14(20)5-6-15(16)21)26-19(25)13-7-11-3-2-4-12(8-13)17(11)23/h5-6,9-13H,2-4,7-8H2,1H3,(H,22,24)/t10-,11-,12+,13?/m0/s1. The summed E-state index contributed by atoms with van der Waals surface area (Å²) in [5.41, 5.74) is -0.310. The first kappa shape index (κ1) is 18.5. The lowest BCUT2D eigenvalue weighted by molar-refractivity contribution is -0.161. The van der Waals surface area contributed by atoms with E-state index in [9.17, 15) is 23.2 Å². The highest BCUT2D eigenvalue weighted by molar-refractivity contribution is 5.95. The van der Waals surface area contributed by atoms with Crippen LogP contribution in [0.1, 0.15) is 39.0 Å². The predicted molar refractivity (Wildman–Crippen MR) is 89.1 cm³/mol. The fraction of sp³-hybridized carbons (Fsp3) is 0.526. The molecule has 3 rings (SSSR count). The molecule has 2 saturated carbocycles. The number of ether oxygens (including phenoxy) is 1. The van der Waals surface area contributed by atoms with Crippen molar-refractivity contribution in [3.63, 3.8) is 0 Å². The molecule has 5 nitrogen and oxygen atoms in total. The molecule has 0 aliphatic heterocycles. The van der Waals surface area contributed by atoms with Gasteiger partial charge in [0.15, 0.2) is 6.10 Å². The van der Waals surface area contributed by atoms with Crippen molar-refractivity contribution in [2.75, 3.05) is 5.32 Å². The number of anilines is 1. The number of halogens is 2. The highest BCUT2D eigenvalue weighted by Crippen LogP contribution is 2.40. The number of Topliss-reactive ketones (excluding diaryl/α,β-unsaturated/α-hetero) is 1. The summed E-state index contributed by atoms with van der Waals surface area (Å²) in [5, 5.41) is 2.22. The van der Waals surface area contributed by atoms with Crippen molar-refractivity contribution in [1.29, 1.82) is 0 Å². The van der Waals surface area contributed by atoms with Crippen LogP contribution in [0.25, 0.3) is 0 Å². The summed E-state index contributed by atoms with van der Waals surface area (Å²) in [6.45, 7) is 1.37. The van der Waals surface area contributed by atoms with Crippen LogP contribution in [0.15, 0.2) is 18.2 Å². The van der Waals surface area contributed by atoms with Gasteiger partial charge in [-0.3, -0.25) is 14.4 Å². The third-order valence-electron chi connectivity index (χ3n) is 5.23. The molecule has 1 unspecified atom stereocenters. The van der Waals surface area contributed by atoms with Gasteiger partial charge in [0.25, 0.3) is 5.91 Å². The number of hydrogen-bond donors (Lipinski definition) is 1. The topological polar surface area (TPSA) is 72.5 Å². The van der Waals surface area contributed by atoms with Gasteiger partial charge >= 0.3 is 5.97 Å². The van der Waals surface area contributed by atoms with Crippen molar-refractivity contribution in [3.8, 4) is 0 Å². The van der Waals surface area contributed by atoms with Crippen LogP contribution in [0.5, 0.6) is 0 Å². The van der Waals surface area contributed by atoms with E-state index in [4.69, 9.17) is 4.74 Å². The van der Waals surface area contributed by atoms with Crippen molar-refractivity contribution < 1.29 is 27.9 Å². The second-order valence-corrected chi connectivity index (χ2v) is 7.09. The Balaban J connectivity index is 1.58. The van der Waals surface area contributed by atoms with Crippen LogP contribution in [0.3, 0.4) is 0 Å². The fourth-order valence-corrected chi connectivity index (χ4v) is 3.82. The molecule has 0 radical (unpaired) electrons. The van der Waals surface area contributed by atoms with Gasteiger partial charge in [-0.2, -0.15) is 0 Å². The van der Waals surface area contributed by atoms with Gasteiger partial charge in [0, 0.05) is 17.9 Å². The average Bonchev–Trinajstić information content (AvgIpc) is 2.57. The number of carbonyl (C=O) groups excluding carboxylic acids is 3. The van der Waals surface area contributed by atoms with Crippen LogP contribution in [0.4, 0.5) is 14.5 Å². The smallest absolute Gasteiger partial charge is 0.309 e. The number of fused-ring (bicyclic) bond motifs is 2. The van der Waals surface area contributed by atoms with Crippen molar-refractivity contribution in [3.05, 3.63) is 29.8 Å². The van der Waals surface area contributed by atoms with E-state index in [2.05, 4.69) is 5.32 Å².